The van der Waals surface area contributed by atoms with Crippen LogP contribution in [0.1, 0.15) is 18.4 Å². The van der Waals surface area contributed by atoms with E-state index in [4.69, 9.17) is 11.6 Å². The zero-order valence-corrected chi connectivity index (χ0v) is 11.9. The van der Waals surface area contributed by atoms with Crippen LogP contribution in [0.15, 0.2) is 12.1 Å². The molecule has 2 heterocycles. The summed E-state index contributed by atoms with van der Waals surface area (Å²) in [5.41, 5.74) is -0.775. The minimum absolute atomic E-state index is 0.147. The summed E-state index contributed by atoms with van der Waals surface area (Å²) in [5.74, 6) is 0.644. The van der Waals surface area contributed by atoms with Crippen molar-refractivity contribution in [1.82, 2.24) is 9.88 Å². The molecule has 0 unspecified atom stereocenters. The van der Waals surface area contributed by atoms with E-state index in [9.17, 15) is 13.2 Å². The number of nitrogens with one attached hydrogen (secondary N) is 1. The molecule has 1 fully saturated rings. The molecule has 0 bridgehead atoms. The maximum Gasteiger partial charge on any atom is 0.416 e. The van der Waals surface area contributed by atoms with Crippen molar-refractivity contribution in [3.63, 3.8) is 0 Å². The quantitative estimate of drug-likeness (QED) is 0.866. The largest absolute Gasteiger partial charge is 0.416 e. The fourth-order valence-electron chi connectivity index (χ4n) is 2.27. The van der Waals surface area contributed by atoms with Gasteiger partial charge in [-0.05, 0) is 51.0 Å². The summed E-state index contributed by atoms with van der Waals surface area (Å²) in [6.45, 7) is 2.66. The van der Waals surface area contributed by atoms with Crippen LogP contribution in [0.3, 0.4) is 0 Å². The van der Waals surface area contributed by atoms with Gasteiger partial charge in [-0.15, -0.1) is 0 Å². The van der Waals surface area contributed by atoms with Gasteiger partial charge in [-0.2, -0.15) is 13.2 Å². The summed E-state index contributed by atoms with van der Waals surface area (Å²) in [7, 11) is 2.07. The number of rotatable bonds is 3. The van der Waals surface area contributed by atoms with Crippen molar-refractivity contribution in [3.05, 3.63) is 22.8 Å². The van der Waals surface area contributed by atoms with Crippen molar-refractivity contribution in [2.45, 2.75) is 19.0 Å². The highest BCUT2D eigenvalue weighted by Gasteiger charge is 2.31. The van der Waals surface area contributed by atoms with Gasteiger partial charge in [-0.1, -0.05) is 11.6 Å². The van der Waals surface area contributed by atoms with Crippen LogP contribution < -0.4 is 5.32 Å². The lowest BCUT2D eigenvalue weighted by Gasteiger charge is -2.29. The Morgan fingerprint density at radius 2 is 2.00 bits per heavy atom. The summed E-state index contributed by atoms with van der Waals surface area (Å²) >= 11 is 5.64. The standard InChI is InChI=1S/C13H17ClF3N3/c1-20-4-2-9(3-5-20)8-18-12-7-10(13(15,16)17)6-11(14)19-12/h6-7,9H,2-5,8H2,1H3,(H,18,19). The first kappa shape index (κ1) is 15.4. The molecular weight excluding hydrogens is 291 g/mol. The minimum atomic E-state index is -4.41. The molecule has 2 rings (SSSR count). The predicted molar refractivity (Wildman–Crippen MR) is 73.0 cm³/mol. The van der Waals surface area contributed by atoms with Gasteiger partial charge >= 0.3 is 6.18 Å². The number of hydrogen-bond acceptors (Lipinski definition) is 3. The minimum Gasteiger partial charge on any atom is -0.370 e. The first-order valence-electron chi connectivity index (χ1n) is 6.52. The Morgan fingerprint density at radius 1 is 1.35 bits per heavy atom. The Bertz CT molecular complexity index is 457. The van der Waals surface area contributed by atoms with E-state index in [0.29, 0.717) is 12.5 Å². The molecule has 1 aliphatic rings. The van der Waals surface area contributed by atoms with E-state index in [1.54, 1.807) is 0 Å². The Hall–Kier alpha value is -1.01. The molecule has 7 heteroatoms. The number of hydrogen-bond donors (Lipinski definition) is 1. The molecule has 20 heavy (non-hydrogen) atoms. The van der Waals surface area contributed by atoms with Crippen LogP contribution in [0.5, 0.6) is 0 Å². The van der Waals surface area contributed by atoms with Crippen molar-refractivity contribution < 1.29 is 13.2 Å². The van der Waals surface area contributed by atoms with E-state index in [-0.39, 0.29) is 11.0 Å². The number of pyridine rings is 1. The number of halogens is 4. The van der Waals surface area contributed by atoms with Gasteiger partial charge in [0.2, 0.25) is 0 Å². The zero-order chi connectivity index (χ0) is 14.8. The highest BCUT2D eigenvalue weighted by atomic mass is 35.5. The number of aromatic nitrogens is 1. The maximum atomic E-state index is 12.7. The van der Waals surface area contributed by atoms with Crippen LogP contribution in [0.4, 0.5) is 19.0 Å². The number of nitrogens with zero attached hydrogens (tertiary/aromatic N) is 2. The van der Waals surface area contributed by atoms with Crippen LogP contribution in [0.25, 0.3) is 0 Å². The fourth-order valence-corrected chi connectivity index (χ4v) is 2.47. The lowest BCUT2D eigenvalue weighted by molar-refractivity contribution is -0.137. The molecule has 1 aromatic heterocycles. The van der Waals surface area contributed by atoms with Gasteiger partial charge in [0, 0.05) is 6.54 Å². The van der Waals surface area contributed by atoms with Gasteiger partial charge in [0.15, 0.2) is 0 Å². The molecule has 0 aromatic carbocycles. The molecular formula is C13H17ClF3N3. The third kappa shape index (κ3) is 4.24. The fraction of sp³-hybridized carbons (Fsp3) is 0.615. The first-order valence-corrected chi connectivity index (χ1v) is 6.89. The molecule has 0 saturated carbocycles. The topological polar surface area (TPSA) is 28.2 Å². The van der Waals surface area contributed by atoms with Crippen LogP contribution >= 0.6 is 11.6 Å². The Morgan fingerprint density at radius 3 is 2.60 bits per heavy atom. The highest BCUT2D eigenvalue weighted by Crippen LogP contribution is 2.32. The van der Waals surface area contributed by atoms with Crippen molar-refractivity contribution in [1.29, 1.82) is 0 Å². The van der Waals surface area contributed by atoms with Gasteiger partial charge in [0.1, 0.15) is 11.0 Å². The van der Waals surface area contributed by atoms with Crippen LogP contribution in [-0.2, 0) is 6.18 Å². The van der Waals surface area contributed by atoms with Gasteiger partial charge in [-0.25, -0.2) is 4.98 Å². The monoisotopic (exact) mass is 307 g/mol. The zero-order valence-electron chi connectivity index (χ0n) is 11.2. The summed E-state index contributed by atoms with van der Waals surface area (Å²) in [6, 6.07) is 1.84. The molecule has 1 saturated heterocycles. The maximum absolute atomic E-state index is 12.7. The third-order valence-corrected chi connectivity index (χ3v) is 3.73. The van der Waals surface area contributed by atoms with Crippen molar-refractivity contribution in [3.8, 4) is 0 Å². The number of piperidine rings is 1. The van der Waals surface area contributed by atoms with Gasteiger partial charge in [-0.3, -0.25) is 0 Å². The van der Waals surface area contributed by atoms with Crippen LogP contribution in [0.2, 0.25) is 5.15 Å². The predicted octanol–water partition coefficient (Wildman–Crippen LogP) is 3.51. The molecule has 0 radical (unpaired) electrons. The average molecular weight is 308 g/mol. The van der Waals surface area contributed by atoms with E-state index >= 15 is 0 Å². The molecule has 3 nitrogen and oxygen atoms in total. The smallest absolute Gasteiger partial charge is 0.370 e. The molecule has 112 valence electrons. The normalized spacial score (nSPS) is 18.2. The van der Waals surface area contributed by atoms with Gasteiger partial charge in [0.25, 0.3) is 0 Å². The van der Waals surface area contributed by atoms with E-state index < -0.39 is 11.7 Å². The number of likely N-dealkylation sites (tertiary alicyclic amines) is 1. The SMILES string of the molecule is CN1CCC(CNc2cc(C(F)(F)F)cc(Cl)n2)CC1. The summed E-state index contributed by atoms with van der Waals surface area (Å²) < 4.78 is 38.0. The molecule has 1 N–H and O–H groups in total. The van der Waals surface area contributed by atoms with E-state index in [2.05, 4.69) is 22.2 Å². The van der Waals surface area contributed by atoms with Gasteiger partial charge in [0.05, 0.1) is 5.56 Å². The third-order valence-electron chi connectivity index (χ3n) is 3.53. The van der Waals surface area contributed by atoms with Crippen molar-refractivity contribution in [2.24, 2.45) is 5.92 Å². The molecule has 1 aliphatic heterocycles. The molecule has 0 aliphatic carbocycles. The molecule has 0 spiro atoms. The Balaban J connectivity index is 1.97. The van der Waals surface area contributed by atoms with E-state index in [1.807, 2.05) is 0 Å². The molecule has 1 aromatic rings. The average Bonchev–Trinajstić information content (AvgIpc) is 2.36. The Kier molecular flexibility index (Phi) is 4.75. The molecule has 0 atom stereocenters. The summed E-state index contributed by atoms with van der Waals surface area (Å²) in [6.07, 6.45) is -2.33. The van der Waals surface area contributed by atoms with Crippen molar-refractivity contribution >= 4 is 17.4 Å². The Labute approximate surface area is 121 Å². The summed E-state index contributed by atoms with van der Waals surface area (Å²) in [5, 5.41) is 2.82. The summed E-state index contributed by atoms with van der Waals surface area (Å²) in [4.78, 5) is 6.14. The second-order valence-corrected chi connectivity index (χ2v) is 5.58. The highest BCUT2D eigenvalue weighted by molar-refractivity contribution is 6.29. The molecule has 0 amide bonds. The van der Waals surface area contributed by atoms with Crippen molar-refractivity contribution in [2.75, 3.05) is 32.0 Å². The lowest BCUT2D eigenvalue weighted by Crippen LogP contribution is -2.33. The number of anilines is 1. The van der Waals surface area contributed by atoms with Crippen LogP contribution in [0, 0.1) is 5.92 Å². The van der Waals surface area contributed by atoms with Crippen LogP contribution in [-0.4, -0.2) is 36.6 Å². The lowest BCUT2D eigenvalue weighted by atomic mass is 9.97. The number of alkyl halides is 3. The second-order valence-electron chi connectivity index (χ2n) is 5.19. The van der Waals surface area contributed by atoms with Gasteiger partial charge < -0.3 is 10.2 Å². The first-order chi connectivity index (χ1) is 9.34. The van der Waals surface area contributed by atoms with E-state index in [0.717, 1.165) is 38.1 Å². The second kappa shape index (κ2) is 6.18. The van der Waals surface area contributed by atoms with E-state index in [1.165, 1.54) is 0 Å².